The first-order chi connectivity index (χ1) is 13.1. The quantitative estimate of drug-likeness (QED) is 0.329. The summed E-state index contributed by atoms with van der Waals surface area (Å²) >= 11 is 2.34. The SMILES string of the molecule is CN(C(=O)CCc1ccc2ccccc2c1)c1cccc2cccc(I)c12. The minimum absolute atomic E-state index is 0.135. The van der Waals surface area contributed by atoms with Crippen LogP contribution in [0.2, 0.25) is 0 Å². The second-order valence-corrected chi connectivity index (χ2v) is 7.91. The molecule has 0 fully saturated rings. The molecule has 0 aliphatic heterocycles. The van der Waals surface area contributed by atoms with Gasteiger partial charge in [-0.3, -0.25) is 4.79 Å². The number of carbonyl (C=O) groups excluding carboxylic acids is 1. The van der Waals surface area contributed by atoms with Crippen LogP contribution >= 0.6 is 22.6 Å². The third kappa shape index (κ3) is 3.69. The van der Waals surface area contributed by atoms with Crippen molar-refractivity contribution in [2.45, 2.75) is 12.8 Å². The van der Waals surface area contributed by atoms with Gasteiger partial charge in [-0.05, 0) is 62.9 Å². The maximum absolute atomic E-state index is 12.9. The molecule has 0 saturated carbocycles. The summed E-state index contributed by atoms with van der Waals surface area (Å²) in [5.41, 5.74) is 2.17. The lowest BCUT2D eigenvalue weighted by molar-refractivity contribution is -0.118. The molecule has 2 nitrogen and oxygen atoms in total. The molecule has 0 atom stereocenters. The summed E-state index contributed by atoms with van der Waals surface area (Å²) < 4.78 is 1.16. The van der Waals surface area contributed by atoms with Crippen LogP contribution in [-0.4, -0.2) is 13.0 Å². The molecule has 27 heavy (non-hydrogen) atoms. The van der Waals surface area contributed by atoms with Gasteiger partial charge in [-0.25, -0.2) is 0 Å². The first-order valence-electron chi connectivity index (χ1n) is 9.05. The average Bonchev–Trinajstić information content (AvgIpc) is 2.71. The molecule has 4 rings (SSSR count). The predicted octanol–water partition coefficient (Wildman–Crippen LogP) is 6.19. The van der Waals surface area contributed by atoms with Crippen LogP contribution in [0.15, 0.2) is 78.9 Å². The van der Waals surface area contributed by atoms with E-state index in [9.17, 15) is 4.79 Å². The van der Waals surface area contributed by atoms with Crippen LogP contribution < -0.4 is 4.90 Å². The lowest BCUT2D eigenvalue weighted by Crippen LogP contribution is -2.26. The summed E-state index contributed by atoms with van der Waals surface area (Å²) in [4.78, 5) is 14.7. The van der Waals surface area contributed by atoms with Crippen LogP contribution in [0.25, 0.3) is 21.5 Å². The number of aryl methyl sites for hydroxylation is 1. The van der Waals surface area contributed by atoms with Gasteiger partial charge >= 0.3 is 0 Å². The van der Waals surface area contributed by atoms with Gasteiger partial charge in [0, 0.05) is 22.4 Å². The van der Waals surface area contributed by atoms with Gasteiger partial charge in [0.25, 0.3) is 0 Å². The highest BCUT2D eigenvalue weighted by Crippen LogP contribution is 2.30. The van der Waals surface area contributed by atoms with Gasteiger partial charge in [0.05, 0.1) is 5.69 Å². The maximum atomic E-state index is 12.9. The first-order valence-corrected chi connectivity index (χ1v) is 10.1. The summed E-state index contributed by atoms with van der Waals surface area (Å²) in [6, 6.07) is 27.1. The minimum Gasteiger partial charge on any atom is -0.315 e. The number of halogens is 1. The smallest absolute Gasteiger partial charge is 0.227 e. The number of carbonyl (C=O) groups is 1. The highest BCUT2D eigenvalue weighted by Gasteiger charge is 2.15. The van der Waals surface area contributed by atoms with E-state index >= 15 is 0 Å². The minimum atomic E-state index is 0.135. The van der Waals surface area contributed by atoms with E-state index in [0.29, 0.717) is 6.42 Å². The fourth-order valence-corrected chi connectivity index (χ4v) is 4.30. The highest BCUT2D eigenvalue weighted by atomic mass is 127. The van der Waals surface area contributed by atoms with Gasteiger partial charge in [-0.15, -0.1) is 0 Å². The molecule has 1 amide bonds. The van der Waals surface area contributed by atoms with Gasteiger partial charge in [0.1, 0.15) is 0 Å². The van der Waals surface area contributed by atoms with Gasteiger partial charge in [-0.1, -0.05) is 66.7 Å². The Kier molecular flexibility index (Phi) is 5.12. The van der Waals surface area contributed by atoms with Crippen molar-refractivity contribution < 1.29 is 4.79 Å². The molecular weight excluding hydrogens is 445 g/mol. The molecule has 0 unspecified atom stereocenters. The van der Waals surface area contributed by atoms with Crippen LogP contribution in [0.5, 0.6) is 0 Å². The van der Waals surface area contributed by atoms with Crippen molar-refractivity contribution in [3.63, 3.8) is 0 Å². The van der Waals surface area contributed by atoms with E-state index in [4.69, 9.17) is 0 Å². The normalized spacial score (nSPS) is 11.0. The van der Waals surface area contributed by atoms with E-state index in [1.165, 1.54) is 16.3 Å². The van der Waals surface area contributed by atoms with Crippen LogP contribution in [0.3, 0.4) is 0 Å². The molecule has 0 heterocycles. The zero-order valence-corrected chi connectivity index (χ0v) is 17.3. The Morgan fingerprint density at radius 2 is 1.56 bits per heavy atom. The lowest BCUT2D eigenvalue weighted by Gasteiger charge is -2.20. The number of amides is 1. The van der Waals surface area contributed by atoms with Gasteiger partial charge < -0.3 is 4.90 Å². The second-order valence-electron chi connectivity index (χ2n) is 6.75. The van der Waals surface area contributed by atoms with E-state index < -0.39 is 0 Å². The molecule has 0 spiro atoms. The zero-order chi connectivity index (χ0) is 18.8. The zero-order valence-electron chi connectivity index (χ0n) is 15.2. The van der Waals surface area contributed by atoms with E-state index in [-0.39, 0.29) is 5.91 Å². The van der Waals surface area contributed by atoms with Crippen molar-refractivity contribution in [2.24, 2.45) is 0 Å². The topological polar surface area (TPSA) is 20.3 Å². The lowest BCUT2D eigenvalue weighted by atomic mass is 10.0. The molecule has 3 heteroatoms. The summed E-state index contributed by atoms with van der Waals surface area (Å²) in [6.07, 6.45) is 1.24. The summed E-state index contributed by atoms with van der Waals surface area (Å²) in [6.45, 7) is 0. The van der Waals surface area contributed by atoms with Gasteiger partial charge in [0.15, 0.2) is 0 Å². The van der Waals surface area contributed by atoms with E-state index in [2.05, 4.69) is 77.2 Å². The first kappa shape index (κ1) is 18.0. The Morgan fingerprint density at radius 1 is 0.852 bits per heavy atom. The van der Waals surface area contributed by atoms with Crippen molar-refractivity contribution in [3.8, 4) is 0 Å². The number of fused-ring (bicyclic) bond motifs is 2. The summed E-state index contributed by atoms with van der Waals surface area (Å²) in [5.74, 6) is 0.135. The van der Waals surface area contributed by atoms with E-state index in [1.54, 1.807) is 4.90 Å². The maximum Gasteiger partial charge on any atom is 0.227 e. The van der Waals surface area contributed by atoms with Crippen molar-refractivity contribution in [2.75, 3.05) is 11.9 Å². The fraction of sp³-hybridized carbons (Fsp3) is 0.125. The Labute approximate surface area is 172 Å². The third-order valence-electron chi connectivity index (χ3n) is 5.01. The molecule has 0 aromatic heterocycles. The largest absolute Gasteiger partial charge is 0.315 e. The number of hydrogen-bond acceptors (Lipinski definition) is 1. The molecular formula is C24H20INO. The molecule has 4 aromatic rings. The van der Waals surface area contributed by atoms with Crippen molar-refractivity contribution in [1.82, 2.24) is 0 Å². The summed E-state index contributed by atoms with van der Waals surface area (Å²) in [7, 11) is 1.88. The number of anilines is 1. The standard InChI is InChI=1S/C24H20INO/c1-26(22-11-5-9-19-8-4-10-21(25)24(19)22)23(27)15-13-17-12-14-18-6-2-3-7-20(18)16-17/h2-12,14,16H,13,15H2,1H3. The van der Waals surface area contributed by atoms with Crippen LogP contribution in [0.4, 0.5) is 5.69 Å². The summed E-state index contributed by atoms with van der Waals surface area (Å²) in [5, 5.41) is 4.75. The predicted molar refractivity (Wildman–Crippen MR) is 122 cm³/mol. The van der Waals surface area contributed by atoms with Gasteiger partial charge in [0.2, 0.25) is 5.91 Å². The molecule has 134 valence electrons. The number of nitrogens with zero attached hydrogens (tertiary/aromatic N) is 1. The third-order valence-corrected chi connectivity index (χ3v) is 5.91. The van der Waals surface area contributed by atoms with Gasteiger partial charge in [-0.2, -0.15) is 0 Å². The second kappa shape index (κ2) is 7.69. The number of hydrogen-bond donors (Lipinski definition) is 0. The number of benzene rings is 4. The Morgan fingerprint density at radius 3 is 2.37 bits per heavy atom. The van der Waals surface area contributed by atoms with Crippen molar-refractivity contribution >= 4 is 55.7 Å². The number of rotatable bonds is 4. The molecule has 0 aliphatic carbocycles. The molecule has 0 aliphatic rings. The van der Waals surface area contributed by atoms with Crippen LogP contribution in [-0.2, 0) is 11.2 Å². The molecule has 4 aromatic carbocycles. The Bertz CT molecular complexity index is 1130. The molecule has 0 N–H and O–H groups in total. The fourth-order valence-electron chi connectivity index (χ4n) is 3.50. The Balaban J connectivity index is 1.54. The van der Waals surface area contributed by atoms with E-state index in [0.717, 1.165) is 26.5 Å². The average molecular weight is 465 g/mol. The van der Waals surface area contributed by atoms with Crippen molar-refractivity contribution in [1.29, 1.82) is 0 Å². The Hall–Kier alpha value is -2.40. The van der Waals surface area contributed by atoms with Crippen LogP contribution in [0.1, 0.15) is 12.0 Å². The van der Waals surface area contributed by atoms with Crippen molar-refractivity contribution in [3.05, 3.63) is 88.0 Å². The van der Waals surface area contributed by atoms with Crippen LogP contribution in [0, 0.1) is 3.57 Å². The molecule has 0 saturated heterocycles. The monoisotopic (exact) mass is 465 g/mol. The highest BCUT2D eigenvalue weighted by molar-refractivity contribution is 14.1. The molecule has 0 bridgehead atoms. The molecule has 0 radical (unpaired) electrons. The van der Waals surface area contributed by atoms with E-state index in [1.807, 2.05) is 31.3 Å².